The molecule has 0 radical (unpaired) electrons. The molecular formula is C13H18F3NO. The van der Waals surface area contributed by atoms with Gasteiger partial charge in [0.1, 0.15) is 0 Å². The van der Waals surface area contributed by atoms with Crippen molar-refractivity contribution in [1.29, 1.82) is 0 Å². The average Bonchev–Trinajstić information content (AvgIpc) is 2.25. The molecule has 1 unspecified atom stereocenters. The lowest BCUT2D eigenvalue weighted by atomic mass is 10.1. The van der Waals surface area contributed by atoms with Gasteiger partial charge in [0.25, 0.3) is 0 Å². The summed E-state index contributed by atoms with van der Waals surface area (Å²) >= 11 is 0. The van der Waals surface area contributed by atoms with Gasteiger partial charge in [0, 0.05) is 19.7 Å². The van der Waals surface area contributed by atoms with Gasteiger partial charge in [-0.1, -0.05) is 24.3 Å². The number of benzene rings is 1. The maximum Gasteiger partial charge on any atom is 0.390 e. The zero-order valence-corrected chi connectivity index (χ0v) is 10.6. The van der Waals surface area contributed by atoms with Gasteiger partial charge in [-0.2, -0.15) is 13.2 Å². The first-order chi connectivity index (χ1) is 8.40. The van der Waals surface area contributed by atoms with Crippen molar-refractivity contribution in [3.63, 3.8) is 0 Å². The van der Waals surface area contributed by atoms with E-state index in [1.165, 1.54) is 6.92 Å². The molecule has 0 aliphatic heterocycles. The molecule has 0 heterocycles. The maximum absolute atomic E-state index is 12.1. The van der Waals surface area contributed by atoms with E-state index in [0.29, 0.717) is 13.2 Å². The van der Waals surface area contributed by atoms with E-state index in [1.807, 2.05) is 24.3 Å². The zero-order valence-electron chi connectivity index (χ0n) is 10.6. The highest BCUT2D eigenvalue weighted by molar-refractivity contribution is 5.22. The minimum Gasteiger partial charge on any atom is -0.380 e. The predicted molar refractivity (Wildman–Crippen MR) is 64.1 cm³/mol. The van der Waals surface area contributed by atoms with Crippen molar-refractivity contribution in [3.8, 4) is 0 Å². The Morgan fingerprint density at radius 3 is 2.56 bits per heavy atom. The minimum absolute atomic E-state index is 0.425. The Labute approximate surface area is 105 Å². The van der Waals surface area contributed by atoms with Crippen LogP contribution in [0.1, 0.15) is 24.5 Å². The number of hydrogen-bond acceptors (Lipinski definition) is 2. The number of halogens is 3. The molecule has 0 amide bonds. The summed E-state index contributed by atoms with van der Waals surface area (Å²) in [6.07, 6.45) is -4.94. The second-order valence-electron chi connectivity index (χ2n) is 4.35. The van der Waals surface area contributed by atoms with Crippen LogP contribution in [0.3, 0.4) is 0 Å². The Hall–Kier alpha value is -1.07. The third-order valence-corrected chi connectivity index (χ3v) is 2.49. The van der Waals surface area contributed by atoms with Crippen molar-refractivity contribution in [2.24, 2.45) is 0 Å². The van der Waals surface area contributed by atoms with Gasteiger partial charge in [-0.25, -0.2) is 0 Å². The minimum atomic E-state index is -4.12. The highest BCUT2D eigenvalue weighted by Crippen LogP contribution is 2.21. The summed E-state index contributed by atoms with van der Waals surface area (Å²) in [4.78, 5) is 0. The summed E-state index contributed by atoms with van der Waals surface area (Å²) in [5.74, 6) is 0. The van der Waals surface area contributed by atoms with Crippen LogP contribution in [0, 0.1) is 0 Å². The molecule has 5 heteroatoms. The van der Waals surface area contributed by atoms with E-state index in [0.717, 1.165) is 11.1 Å². The van der Waals surface area contributed by atoms with Crippen LogP contribution in [0.15, 0.2) is 24.3 Å². The number of hydrogen-bond donors (Lipinski definition) is 1. The molecule has 102 valence electrons. The number of methoxy groups -OCH3 is 1. The molecule has 0 spiro atoms. The molecule has 0 aliphatic rings. The molecule has 2 nitrogen and oxygen atoms in total. The van der Waals surface area contributed by atoms with Gasteiger partial charge in [-0.05, 0) is 18.1 Å². The first-order valence-electron chi connectivity index (χ1n) is 5.77. The van der Waals surface area contributed by atoms with Crippen molar-refractivity contribution in [1.82, 2.24) is 5.32 Å². The molecule has 1 atom stereocenters. The van der Waals surface area contributed by atoms with Gasteiger partial charge in [0.15, 0.2) is 0 Å². The topological polar surface area (TPSA) is 21.3 Å². The molecule has 0 saturated carbocycles. The Bertz CT molecular complexity index is 365. The van der Waals surface area contributed by atoms with E-state index in [-0.39, 0.29) is 0 Å². The normalized spacial score (nSPS) is 13.6. The van der Waals surface area contributed by atoms with Crippen molar-refractivity contribution < 1.29 is 17.9 Å². The van der Waals surface area contributed by atoms with Gasteiger partial charge >= 0.3 is 6.18 Å². The fourth-order valence-corrected chi connectivity index (χ4v) is 1.71. The average molecular weight is 261 g/mol. The summed E-state index contributed by atoms with van der Waals surface area (Å²) in [6.45, 7) is 2.47. The van der Waals surface area contributed by atoms with Crippen LogP contribution in [0.5, 0.6) is 0 Å². The molecule has 0 fully saturated rings. The molecule has 0 bridgehead atoms. The Morgan fingerprint density at radius 2 is 1.94 bits per heavy atom. The van der Waals surface area contributed by atoms with Crippen molar-refractivity contribution in [2.45, 2.75) is 38.7 Å². The van der Waals surface area contributed by atoms with Crippen molar-refractivity contribution in [3.05, 3.63) is 35.4 Å². The zero-order chi connectivity index (χ0) is 13.6. The predicted octanol–water partition coefficient (Wildman–Crippen LogP) is 3.26. The molecule has 1 N–H and O–H groups in total. The van der Waals surface area contributed by atoms with Gasteiger partial charge in [-0.3, -0.25) is 0 Å². The number of nitrogens with one attached hydrogen (secondary N) is 1. The second-order valence-corrected chi connectivity index (χ2v) is 4.35. The summed E-state index contributed by atoms with van der Waals surface area (Å²) in [5, 5.41) is 2.86. The third-order valence-electron chi connectivity index (χ3n) is 2.49. The highest BCUT2D eigenvalue weighted by Gasteiger charge is 2.29. The smallest absolute Gasteiger partial charge is 0.380 e. The lowest BCUT2D eigenvalue weighted by molar-refractivity contribution is -0.139. The molecular weight excluding hydrogens is 243 g/mol. The molecule has 1 aromatic carbocycles. The quantitative estimate of drug-likeness (QED) is 0.848. The maximum atomic E-state index is 12.1. The van der Waals surface area contributed by atoms with Crippen LogP contribution in [-0.2, 0) is 17.9 Å². The Kier molecular flexibility index (Phi) is 5.62. The van der Waals surface area contributed by atoms with E-state index in [4.69, 9.17) is 4.74 Å². The SMILES string of the molecule is COCc1cccc(CNC(C)CC(F)(F)F)c1. The van der Waals surface area contributed by atoms with E-state index < -0.39 is 18.6 Å². The molecule has 0 aromatic heterocycles. The first kappa shape index (κ1) is 15.0. The lowest BCUT2D eigenvalue weighted by Gasteiger charge is -2.16. The number of alkyl halides is 3. The third kappa shape index (κ3) is 6.02. The number of ether oxygens (including phenoxy) is 1. The summed E-state index contributed by atoms with van der Waals surface area (Å²) in [5.41, 5.74) is 1.97. The summed E-state index contributed by atoms with van der Waals surface area (Å²) in [7, 11) is 1.61. The van der Waals surface area contributed by atoms with Gasteiger partial charge in [-0.15, -0.1) is 0 Å². The summed E-state index contributed by atoms with van der Waals surface area (Å²) in [6, 6.07) is 7.02. The monoisotopic (exact) mass is 261 g/mol. The highest BCUT2D eigenvalue weighted by atomic mass is 19.4. The number of rotatable bonds is 6. The fraction of sp³-hybridized carbons (Fsp3) is 0.538. The van der Waals surface area contributed by atoms with Crippen molar-refractivity contribution in [2.75, 3.05) is 7.11 Å². The lowest BCUT2D eigenvalue weighted by Crippen LogP contribution is -2.30. The van der Waals surface area contributed by atoms with Crippen LogP contribution in [0.4, 0.5) is 13.2 Å². The van der Waals surface area contributed by atoms with Gasteiger partial charge < -0.3 is 10.1 Å². The molecule has 1 aromatic rings. The van der Waals surface area contributed by atoms with Gasteiger partial charge in [0.2, 0.25) is 0 Å². The molecule has 0 saturated heterocycles. The fourth-order valence-electron chi connectivity index (χ4n) is 1.71. The second kappa shape index (κ2) is 6.75. The van der Waals surface area contributed by atoms with E-state index >= 15 is 0 Å². The largest absolute Gasteiger partial charge is 0.390 e. The Morgan fingerprint density at radius 1 is 1.28 bits per heavy atom. The van der Waals surface area contributed by atoms with Crippen molar-refractivity contribution >= 4 is 0 Å². The Balaban J connectivity index is 2.45. The standard InChI is InChI=1S/C13H18F3NO/c1-10(7-13(14,15)16)17-8-11-4-3-5-12(6-11)9-18-2/h3-6,10,17H,7-9H2,1-2H3. The molecule has 18 heavy (non-hydrogen) atoms. The molecule has 1 rings (SSSR count). The van der Waals surface area contributed by atoms with Crippen LogP contribution in [0.25, 0.3) is 0 Å². The van der Waals surface area contributed by atoms with E-state index in [1.54, 1.807) is 7.11 Å². The first-order valence-corrected chi connectivity index (χ1v) is 5.77. The van der Waals surface area contributed by atoms with Crippen LogP contribution in [0.2, 0.25) is 0 Å². The van der Waals surface area contributed by atoms with Crippen LogP contribution in [-0.4, -0.2) is 19.3 Å². The summed E-state index contributed by atoms with van der Waals surface area (Å²) < 4.78 is 41.4. The van der Waals surface area contributed by atoms with Crippen LogP contribution >= 0.6 is 0 Å². The van der Waals surface area contributed by atoms with Crippen LogP contribution < -0.4 is 5.32 Å². The molecule has 0 aliphatic carbocycles. The van der Waals surface area contributed by atoms with Gasteiger partial charge in [0.05, 0.1) is 13.0 Å². The van der Waals surface area contributed by atoms with E-state index in [9.17, 15) is 13.2 Å². The van der Waals surface area contributed by atoms with E-state index in [2.05, 4.69) is 5.32 Å².